The molecule has 2 rings (SSSR count). The number of ether oxygens (including phenoxy) is 2. The fraction of sp³-hybridized carbons (Fsp3) is 0.526. The molecule has 1 fully saturated rings. The van der Waals surface area contributed by atoms with Crippen molar-refractivity contribution in [3.8, 4) is 5.75 Å². The lowest BCUT2D eigenvalue weighted by Gasteiger charge is -2.20. The second-order valence-electron chi connectivity index (χ2n) is 6.37. The zero-order chi connectivity index (χ0) is 18.9. The van der Waals surface area contributed by atoms with Gasteiger partial charge in [0.05, 0.1) is 12.8 Å². The zero-order valence-corrected chi connectivity index (χ0v) is 15.2. The lowest BCUT2D eigenvalue weighted by molar-refractivity contribution is -0.153. The molecule has 0 aliphatic heterocycles. The average Bonchev–Trinajstić information content (AvgIpc) is 2.67. The van der Waals surface area contributed by atoms with Crippen LogP contribution in [0, 0.1) is 5.92 Å². The second-order valence-corrected chi connectivity index (χ2v) is 6.37. The van der Waals surface area contributed by atoms with Crippen molar-refractivity contribution in [2.45, 2.75) is 45.1 Å². The van der Waals surface area contributed by atoms with Gasteiger partial charge in [0.1, 0.15) is 12.3 Å². The number of nitrogens with one attached hydrogen (secondary N) is 2. The van der Waals surface area contributed by atoms with Gasteiger partial charge in [0.2, 0.25) is 5.91 Å². The van der Waals surface area contributed by atoms with Gasteiger partial charge in [-0.05, 0) is 31.9 Å². The van der Waals surface area contributed by atoms with Crippen molar-refractivity contribution >= 4 is 23.5 Å². The minimum Gasteiger partial charge on any atom is -0.495 e. The number of amides is 2. The Hall–Kier alpha value is -2.57. The number of anilines is 1. The highest BCUT2D eigenvalue weighted by atomic mass is 16.5. The van der Waals surface area contributed by atoms with Crippen molar-refractivity contribution in [3.63, 3.8) is 0 Å². The van der Waals surface area contributed by atoms with Crippen molar-refractivity contribution in [2.24, 2.45) is 5.92 Å². The van der Waals surface area contributed by atoms with Crippen LogP contribution < -0.4 is 15.4 Å². The highest BCUT2D eigenvalue weighted by molar-refractivity contribution is 5.96. The third-order valence-corrected chi connectivity index (χ3v) is 4.43. The number of carbonyl (C=O) groups is 3. The predicted octanol–water partition coefficient (Wildman–Crippen LogP) is 2.26. The lowest BCUT2D eigenvalue weighted by Crippen LogP contribution is -2.38. The van der Waals surface area contributed by atoms with Gasteiger partial charge < -0.3 is 20.1 Å². The Morgan fingerprint density at radius 2 is 1.85 bits per heavy atom. The number of esters is 1. The highest BCUT2D eigenvalue weighted by Gasteiger charge is 2.23. The van der Waals surface area contributed by atoms with Gasteiger partial charge in [0, 0.05) is 5.92 Å². The van der Waals surface area contributed by atoms with E-state index >= 15 is 0 Å². The molecule has 2 N–H and O–H groups in total. The summed E-state index contributed by atoms with van der Waals surface area (Å²) < 4.78 is 10.2. The zero-order valence-electron chi connectivity index (χ0n) is 15.2. The molecular weight excluding hydrogens is 336 g/mol. The highest BCUT2D eigenvalue weighted by Crippen LogP contribution is 2.24. The monoisotopic (exact) mass is 362 g/mol. The van der Waals surface area contributed by atoms with E-state index in [1.807, 2.05) is 0 Å². The summed E-state index contributed by atoms with van der Waals surface area (Å²) in [6, 6.07) is 6.95. The minimum absolute atomic E-state index is 0.0252. The molecule has 1 atom stereocenters. The molecule has 0 spiro atoms. The van der Waals surface area contributed by atoms with Crippen molar-refractivity contribution < 1.29 is 23.9 Å². The van der Waals surface area contributed by atoms with E-state index < -0.39 is 18.0 Å². The first-order valence-electron chi connectivity index (χ1n) is 8.92. The third kappa shape index (κ3) is 5.75. The summed E-state index contributed by atoms with van der Waals surface area (Å²) in [7, 11) is 1.50. The molecule has 7 heteroatoms. The van der Waals surface area contributed by atoms with Crippen molar-refractivity contribution in [2.75, 3.05) is 19.0 Å². The maximum absolute atomic E-state index is 12.2. The molecule has 1 saturated carbocycles. The van der Waals surface area contributed by atoms with Gasteiger partial charge >= 0.3 is 5.97 Å². The third-order valence-electron chi connectivity index (χ3n) is 4.43. The van der Waals surface area contributed by atoms with E-state index in [0.717, 1.165) is 32.1 Å². The van der Waals surface area contributed by atoms with Crippen LogP contribution in [0.2, 0.25) is 0 Å². The van der Waals surface area contributed by atoms with Crippen LogP contribution in [-0.4, -0.2) is 37.5 Å². The first-order chi connectivity index (χ1) is 12.5. The van der Waals surface area contributed by atoms with Gasteiger partial charge in [-0.3, -0.25) is 14.4 Å². The van der Waals surface area contributed by atoms with Crippen LogP contribution in [0.1, 0.15) is 39.0 Å². The van der Waals surface area contributed by atoms with Crippen molar-refractivity contribution in [3.05, 3.63) is 24.3 Å². The SMILES string of the molecule is COc1ccccc1NC(=O)[C@H](C)OC(=O)CNC(=O)C1CCCCC1. The first kappa shape index (κ1) is 19.8. The van der Waals surface area contributed by atoms with Crippen LogP contribution in [0.3, 0.4) is 0 Å². The van der Waals surface area contributed by atoms with E-state index in [4.69, 9.17) is 9.47 Å². The Morgan fingerprint density at radius 3 is 2.54 bits per heavy atom. The quantitative estimate of drug-likeness (QED) is 0.726. The standard InChI is InChI=1S/C19H26N2O5/c1-13(18(23)21-15-10-6-7-11-16(15)25-2)26-17(22)12-20-19(24)14-8-4-3-5-9-14/h6-7,10-11,13-14H,3-5,8-9,12H2,1-2H3,(H,20,24)(H,21,23)/t13-/m0/s1. The fourth-order valence-corrected chi connectivity index (χ4v) is 2.94. The van der Waals surface area contributed by atoms with E-state index in [-0.39, 0.29) is 18.4 Å². The molecule has 7 nitrogen and oxygen atoms in total. The second kappa shape index (κ2) is 9.79. The molecule has 1 aliphatic rings. The molecule has 1 aliphatic carbocycles. The van der Waals surface area contributed by atoms with Gasteiger partial charge in [0.25, 0.3) is 5.91 Å². The number of hydrogen-bond acceptors (Lipinski definition) is 5. The lowest BCUT2D eigenvalue weighted by atomic mass is 9.89. The Balaban J connectivity index is 1.76. The van der Waals surface area contributed by atoms with Crippen LogP contribution in [0.4, 0.5) is 5.69 Å². The largest absolute Gasteiger partial charge is 0.495 e. The molecule has 0 radical (unpaired) electrons. The van der Waals surface area contributed by atoms with Crippen LogP contribution in [0.25, 0.3) is 0 Å². The Labute approximate surface area is 153 Å². The summed E-state index contributed by atoms with van der Waals surface area (Å²) in [5.41, 5.74) is 0.494. The summed E-state index contributed by atoms with van der Waals surface area (Å²) in [4.78, 5) is 36.1. The minimum atomic E-state index is -0.987. The summed E-state index contributed by atoms with van der Waals surface area (Å²) in [5, 5.41) is 5.25. The smallest absolute Gasteiger partial charge is 0.326 e. The van der Waals surface area contributed by atoms with Gasteiger partial charge in [-0.25, -0.2) is 0 Å². The van der Waals surface area contributed by atoms with Gasteiger partial charge in [0.15, 0.2) is 6.10 Å². The molecular formula is C19H26N2O5. The maximum atomic E-state index is 12.2. The number of carbonyl (C=O) groups excluding carboxylic acids is 3. The molecule has 1 aromatic carbocycles. The van der Waals surface area contributed by atoms with E-state index in [2.05, 4.69) is 10.6 Å². The summed E-state index contributed by atoms with van der Waals surface area (Å²) >= 11 is 0. The topological polar surface area (TPSA) is 93.7 Å². The van der Waals surface area contributed by atoms with E-state index in [9.17, 15) is 14.4 Å². The molecule has 0 aromatic heterocycles. The fourth-order valence-electron chi connectivity index (χ4n) is 2.94. The molecule has 0 bridgehead atoms. The predicted molar refractivity (Wildman–Crippen MR) is 96.8 cm³/mol. The number of methoxy groups -OCH3 is 1. The van der Waals surface area contributed by atoms with Crippen LogP contribution in [0.5, 0.6) is 5.75 Å². The van der Waals surface area contributed by atoms with Gasteiger partial charge in [-0.1, -0.05) is 31.4 Å². The number of para-hydroxylation sites is 2. The molecule has 0 saturated heterocycles. The van der Waals surface area contributed by atoms with E-state index in [1.54, 1.807) is 24.3 Å². The Morgan fingerprint density at radius 1 is 1.15 bits per heavy atom. The Kier molecular flexibility index (Phi) is 7.44. The van der Waals surface area contributed by atoms with E-state index in [1.165, 1.54) is 14.0 Å². The Bertz CT molecular complexity index is 641. The number of hydrogen-bond donors (Lipinski definition) is 2. The molecule has 0 unspecified atom stereocenters. The summed E-state index contributed by atoms with van der Waals surface area (Å²) in [6.07, 6.45) is 3.98. The normalized spacial score (nSPS) is 15.6. The van der Waals surface area contributed by atoms with Crippen molar-refractivity contribution in [1.29, 1.82) is 0 Å². The number of rotatable bonds is 7. The van der Waals surface area contributed by atoms with E-state index in [0.29, 0.717) is 11.4 Å². The number of benzene rings is 1. The maximum Gasteiger partial charge on any atom is 0.326 e. The molecule has 1 aromatic rings. The average molecular weight is 362 g/mol. The van der Waals surface area contributed by atoms with Crippen LogP contribution in [-0.2, 0) is 19.1 Å². The summed E-state index contributed by atoms with van der Waals surface area (Å²) in [6.45, 7) is 1.24. The first-order valence-corrected chi connectivity index (χ1v) is 8.92. The van der Waals surface area contributed by atoms with Crippen LogP contribution >= 0.6 is 0 Å². The van der Waals surface area contributed by atoms with Gasteiger partial charge in [-0.2, -0.15) is 0 Å². The molecule has 2 amide bonds. The molecule has 142 valence electrons. The molecule has 0 heterocycles. The van der Waals surface area contributed by atoms with Crippen LogP contribution in [0.15, 0.2) is 24.3 Å². The van der Waals surface area contributed by atoms with Gasteiger partial charge in [-0.15, -0.1) is 0 Å². The summed E-state index contributed by atoms with van der Waals surface area (Å²) in [5.74, 6) is -0.743. The molecule has 26 heavy (non-hydrogen) atoms. The van der Waals surface area contributed by atoms with Crippen molar-refractivity contribution in [1.82, 2.24) is 5.32 Å².